The van der Waals surface area contributed by atoms with Gasteiger partial charge in [-0.1, -0.05) is 6.07 Å². The van der Waals surface area contributed by atoms with Gasteiger partial charge in [0.15, 0.2) is 0 Å². The molecule has 1 aromatic carbocycles. The van der Waals surface area contributed by atoms with Crippen LogP contribution < -0.4 is 15.0 Å². The lowest BCUT2D eigenvalue weighted by Crippen LogP contribution is -2.48. The van der Waals surface area contributed by atoms with Gasteiger partial charge in [0.2, 0.25) is 0 Å². The van der Waals surface area contributed by atoms with E-state index in [1.807, 2.05) is 12.1 Å². The number of anilines is 1. The summed E-state index contributed by atoms with van der Waals surface area (Å²) in [5.74, 6) is 0.521. The lowest BCUT2D eigenvalue weighted by atomic mass is 10.1. The van der Waals surface area contributed by atoms with Crippen LogP contribution in [0.3, 0.4) is 0 Å². The fraction of sp³-hybridized carbons (Fsp3) is 0.368. The molecule has 1 aliphatic heterocycles. The number of hydrogen-bond donors (Lipinski definition) is 2. The van der Waals surface area contributed by atoms with Gasteiger partial charge in [-0.25, -0.2) is 9.78 Å². The number of piperazine rings is 1. The maximum atomic E-state index is 12.3. The summed E-state index contributed by atoms with van der Waals surface area (Å²) in [7, 11) is 0. The zero-order valence-corrected chi connectivity index (χ0v) is 15.5. The van der Waals surface area contributed by atoms with Gasteiger partial charge in [0.05, 0.1) is 5.69 Å². The van der Waals surface area contributed by atoms with E-state index in [0.717, 1.165) is 32.0 Å². The third kappa shape index (κ3) is 6.24. The smallest absolute Gasteiger partial charge is 0.465 e. The first kappa shape index (κ1) is 20.7. The van der Waals surface area contributed by atoms with Crippen LogP contribution in [-0.4, -0.2) is 66.7 Å². The number of hydrogen-bond acceptors (Lipinski definition) is 5. The van der Waals surface area contributed by atoms with Crippen molar-refractivity contribution in [2.24, 2.45) is 0 Å². The zero-order valence-electron chi connectivity index (χ0n) is 15.5. The lowest BCUT2D eigenvalue weighted by Gasteiger charge is -2.35. The number of halogens is 3. The number of nitrogens with one attached hydrogen (secondary N) is 1. The Morgan fingerprint density at radius 3 is 2.41 bits per heavy atom. The first-order chi connectivity index (χ1) is 13.8. The highest BCUT2D eigenvalue weighted by Crippen LogP contribution is 2.27. The third-order valence-electron chi connectivity index (χ3n) is 4.52. The number of amides is 1. The van der Waals surface area contributed by atoms with E-state index in [1.54, 1.807) is 18.2 Å². The van der Waals surface area contributed by atoms with E-state index in [9.17, 15) is 18.0 Å². The maximum Gasteiger partial charge on any atom is 0.573 e. The Morgan fingerprint density at radius 2 is 1.79 bits per heavy atom. The molecular formula is C19H21F3N4O3. The highest BCUT2D eigenvalue weighted by molar-refractivity contribution is 5.64. The minimum atomic E-state index is -4.72. The van der Waals surface area contributed by atoms with Gasteiger partial charge in [-0.2, -0.15) is 0 Å². The van der Waals surface area contributed by atoms with E-state index in [2.05, 4.69) is 24.8 Å². The zero-order chi connectivity index (χ0) is 20.9. The summed E-state index contributed by atoms with van der Waals surface area (Å²) in [4.78, 5) is 19.4. The summed E-state index contributed by atoms with van der Waals surface area (Å²) >= 11 is 0. The van der Waals surface area contributed by atoms with Crippen LogP contribution in [0.25, 0.3) is 11.3 Å². The second-order valence-electron chi connectivity index (χ2n) is 6.51. The van der Waals surface area contributed by atoms with E-state index in [-0.39, 0.29) is 5.75 Å². The van der Waals surface area contributed by atoms with Crippen LogP contribution in [0.5, 0.6) is 5.75 Å². The molecule has 0 saturated carbocycles. The molecule has 1 amide bonds. The summed E-state index contributed by atoms with van der Waals surface area (Å²) in [6.45, 7) is 4.12. The van der Waals surface area contributed by atoms with Gasteiger partial charge >= 0.3 is 12.5 Å². The normalized spacial score (nSPS) is 15.2. The van der Waals surface area contributed by atoms with Crippen LogP contribution in [0.2, 0.25) is 0 Å². The van der Waals surface area contributed by atoms with Crippen molar-refractivity contribution in [1.29, 1.82) is 0 Å². The molecule has 3 rings (SSSR count). The summed E-state index contributed by atoms with van der Waals surface area (Å²) in [5, 5.41) is 11.0. The Balaban J connectivity index is 1.59. The molecule has 10 heteroatoms. The number of aromatic nitrogens is 1. The monoisotopic (exact) mass is 410 g/mol. The van der Waals surface area contributed by atoms with Gasteiger partial charge in [-0.3, -0.25) is 4.90 Å². The summed E-state index contributed by atoms with van der Waals surface area (Å²) in [6, 6.07) is 11.2. The molecule has 7 nitrogen and oxygen atoms in total. The lowest BCUT2D eigenvalue weighted by molar-refractivity contribution is -0.274. The second kappa shape index (κ2) is 8.99. The Morgan fingerprint density at radius 1 is 1.10 bits per heavy atom. The molecule has 0 atom stereocenters. The molecule has 2 aromatic rings. The Labute approximate surface area is 165 Å². The fourth-order valence-electron chi connectivity index (χ4n) is 3.11. The number of pyridine rings is 1. The van der Waals surface area contributed by atoms with Crippen LogP contribution in [0.1, 0.15) is 0 Å². The first-order valence-corrected chi connectivity index (χ1v) is 9.07. The van der Waals surface area contributed by atoms with Gasteiger partial charge in [0, 0.05) is 44.8 Å². The van der Waals surface area contributed by atoms with Gasteiger partial charge in [0.1, 0.15) is 11.6 Å². The fourth-order valence-corrected chi connectivity index (χ4v) is 3.11. The standard InChI is InChI=1S/C19H21F3N4O3/c20-19(21,22)29-15-6-4-14(5-7-15)16-2-1-3-17(24-16)26-12-10-25(11-13-26)9-8-23-18(27)28/h1-7,23H,8-13H2,(H,27,28). The molecule has 1 saturated heterocycles. The molecule has 2 N–H and O–H groups in total. The average molecular weight is 410 g/mol. The predicted octanol–water partition coefficient (Wildman–Crippen LogP) is 3.04. The van der Waals surface area contributed by atoms with Crippen molar-refractivity contribution in [3.63, 3.8) is 0 Å². The Bertz CT molecular complexity index is 822. The summed E-state index contributed by atoms with van der Waals surface area (Å²) < 4.78 is 40.7. The molecule has 156 valence electrons. The number of nitrogens with zero attached hydrogens (tertiary/aromatic N) is 3. The molecule has 0 radical (unpaired) electrons. The SMILES string of the molecule is O=C(O)NCCN1CCN(c2cccc(-c3ccc(OC(F)(F)F)cc3)n2)CC1. The van der Waals surface area contributed by atoms with E-state index < -0.39 is 12.5 Å². The molecule has 1 aromatic heterocycles. The Hall–Kier alpha value is -3.01. The van der Waals surface area contributed by atoms with Crippen molar-refractivity contribution in [2.45, 2.75) is 6.36 Å². The number of carbonyl (C=O) groups is 1. The van der Waals surface area contributed by atoms with Gasteiger partial charge in [0.25, 0.3) is 0 Å². The summed E-state index contributed by atoms with van der Waals surface area (Å²) in [6.07, 6.45) is -5.74. The quantitative estimate of drug-likeness (QED) is 0.762. The second-order valence-corrected chi connectivity index (χ2v) is 6.51. The molecule has 0 aliphatic carbocycles. The van der Waals surface area contributed by atoms with Gasteiger partial charge in [-0.15, -0.1) is 13.2 Å². The van der Waals surface area contributed by atoms with Crippen LogP contribution in [-0.2, 0) is 0 Å². The van der Waals surface area contributed by atoms with Crippen LogP contribution in [0, 0.1) is 0 Å². The molecule has 1 aliphatic rings. The minimum Gasteiger partial charge on any atom is -0.465 e. The molecule has 2 heterocycles. The van der Waals surface area contributed by atoms with Crippen molar-refractivity contribution in [3.8, 4) is 17.0 Å². The van der Waals surface area contributed by atoms with E-state index >= 15 is 0 Å². The third-order valence-corrected chi connectivity index (χ3v) is 4.52. The van der Waals surface area contributed by atoms with E-state index in [1.165, 1.54) is 12.1 Å². The number of alkyl halides is 3. The van der Waals surface area contributed by atoms with Crippen molar-refractivity contribution >= 4 is 11.9 Å². The van der Waals surface area contributed by atoms with Crippen molar-refractivity contribution in [2.75, 3.05) is 44.2 Å². The number of rotatable bonds is 6. The molecular weight excluding hydrogens is 389 g/mol. The molecule has 0 spiro atoms. The van der Waals surface area contributed by atoms with Crippen molar-refractivity contribution < 1.29 is 27.8 Å². The number of benzene rings is 1. The first-order valence-electron chi connectivity index (χ1n) is 9.07. The Kier molecular flexibility index (Phi) is 6.42. The molecule has 0 unspecified atom stereocenters. The summed E-state index contributed by atoms with van der Waals surface area (Å²) in [5.41, 5.74) is 1.36. The van der Waals surface area contributed by atoms with Crippen LogP contribution in [0.4, 0.5) is 23.8 Å². The van der Waals surface area contributed by atoms with Crippen molar-refractivity contribution in [3.05, 3.63) is 42.5 Å². The highest BCUT2D eigenvalue weighted by atomic mass is 19.4. The molecule has 1 fully saturated rings. The van der Waals surface area contributed by atoms with Gasteiger partial charge < -0.3 is 20.1 Å². The molecule has 29 heavy (non-hydrogen) atoms. The largest absolute Gasteiger partial charge is 0.573 e. The minimum absolute atomic E-state index is 0.272. The van der Waals surface area contributed by atoms with Crippen LogP contribution in [0.15, 0.2) is 42.5 Å². The van der Waals surface area contributed by atoms with Crippen LogP contribution >= 0.6 is 0 Å². The van der Waals surface area contributed by atoms with E-state index in [0.29, 0.717) is 24.3 Å². The van der Waals surface area contributed by atoms with Crippen molar-refractivity contribution in [1.82, 2.24) is 15.2 Å². The average Bonchev–Trinajstić information content (AvgIpc) is 2.68. The maximum absolute atomic E-state index is 12.3. The molecule has 0 bridgehead atoms. The number of carboxylic acid groups (broad SMARTS) is 1. The number of ether oxygens (including phenoxy) is 1. The predicted molar refractivity (Wildman–Crippen MR) is 101 cm³/mol. The van der Waals surface area contributed by atoms with Gasteiger partial charge in [-0.05, 0) is 36.4 Å². The topological polar surface area (TPSA) is 77.9 Å². The highest BCUT2D eigenvalue weighted by Gasteiger charge is 2.31. The van der Waals surface area contributed by atoms with E-state index in [4.69, 9.17) is 5.11 Å².